The number of benzene rings is 2. The van der Waals surface area contributed by atoms with Gasteiger partial charge in [0.1, 0.15) is 0 Å². The third-order valence-corrected chi connectivity index (χ3v) is 7.76. The number of non-ortho nitro benzene ring substituents is 1. The van der Waals surface area contributed by atoms with E-state index < -0.39 is 10.8 Å². The van der Waals surface area contributed by atoms with Crippen LogP contribution >= 0.6 is 34.4 Å². The van der Waals surface area contributed by atoms with Crippen molar-refractivity contribution in [3.05, 3.63) is 68.8 Å². The summed E-state index contributed by atoms with van der Waals surface area (Å²) in [7, 11) is 0. The lowest BCUT2D eigenvalue weighted by Gasteiger charge is -2.05. The first-order valence-corrected chi connectivity index (χ1v) is 14.1. The van der Waals surface area contributed by atoms with Crippen molar-refractivity contribution in [2.75, 3.05) is 30.0 Å². The predicted octanol–water partition coefficient (Wildman–Crippen LogP) is 4.57. The minimum atomic E-state index is -0.457. The molecule has 0 unspecified atom stereocenters. The van der Waals surface area contributed by atoms with E-state index in [1.54, 1.807) is 6.07 Å². The van der Waals surface area contributed by atoms with Crippen molar-refractivity contribution < 1.29 is 19.2 Å². The molecule has 0 bridgehead atoms. The zero-order valence-electron chi connectivity index (χ0n) is 19.8. The van der Waals surface area contributed by atoms with Gasteiger partial charge < -0.3 is 14.6 Å². The number of nitrogens with zero attached hydrogens (tertiary/aromatic N) is 4. The van der Waals surface area contributed by atoms with Crippen molar-refractivity contribution in [3.8, 4) is 11.3 Å². The highest BCUT2D eigenvalue weighted by Crippen LogP contribution is 2.25. The van der Waals surface area contributed by atoms with E-state index in [2.05, 4.69) is 15.3 Å². The number of nitrogens with one attached hydrogen (secondary N) is 1. The Kier molecular flexibility index (Phi) is 9.17. The van der Waals surface area contributed by atoms with Gasteiger partial charge in [-0.05, 0) is 13.0 Å². The number of rotatable bonds is 11. The van der Waals surface area contributed by atoms with E-state index in [0.717, 1.165) is 28.5 Å². The summed E-state index contributed by atoms with van der Waals surface area (Å²) in [6.07, 6.45) is 0. The molecule has 0 atom stereocenters. The first kappa shape index (κ1) is 26.7. The van der Waals surface area contributed by atoms with E-state index in [0.29, 0.717) is 34.4 Å². The van der Waals surface area contributed by atoms with Gasteiger partial charge >= 0.3 is 0 Å². The molecule has 2 amide bonds. The number of aromatic nitrogens is 2. The van der Waals surface area contributed by atoms with Gasteiger partial charge in [0.05, 0.1) is 38.9 Å². The van der Waals surface area contributed by atoms with Gasteiger partial charge in [0, 0.05) is 36.2 Å². The average molecular weight is 558 g/mol. The number of ether oxygens (including phenoxy) is 1. The van der Waals surface area contributed by atoms with Crippen molar-refractivity contribution in [1.29, 1.82) is 0 Å². The summed E-state index contributed by atoms with van der Waals surface area (Å²) in [6.45, 7) is 3.30. The van der Waals surface area contributed by atoms with Crippen LogP contribution in [-0.2, 0) is 20.9 Å². The molecule has 0 radical (unpaired) electrons. The molecule has 0 saturated carbocycles. The molecule has 192 valence electrons. The Hall–Kier alpha value is -3.39. The number of amides is 2. The molecule has 0 aliphatic carbocycles. The number of nitro groups is 1. The maximum atomic E-state index is 12.6. The van der Waals surface area contributed by atoms with E-state index in [1.807, 2.05) is 47.2 Å². The molecular weight excluding hydrogens is 534 g/mol. The molecule has 0 aliphatic rings. The average Bonchev–Trinajstić information content (AvgIpc) is 3.48. The van der Waals surface area contributed by atoms with E-state index >= 15 is 0 Å². The van der Waals surface area contributed by atoms with Crippen LogP contribution in [0.1, 0.15) is 6.92 Å². The Morgan fingerprint density at radius 2 is 2.03 bits per heavy atom. The van der Waals surface area contributed by atoms with Gasteiger partial charge in [-0.25, -0.2) is 4.98 Å². The van der Waals surface area contributed by atoms with Gasteiger partial charge in [-0.3, -0.25) is 19.7 Å². The van der Waals surface area contributed by atoms with Crippen LogP contribution in [0, 0.1) is 10.1 Å². The van der Waals surface area contributed by atoms with Crippen LogP contribution < -0.4 is 10.1 Å². The van der Waals surface area contributed by atoms with Crippen LogP contribution in [0.4, 0.5) is 10.8 Å². The number of fused-ring (bicyclic) bond motifs is 1. The van der Waals surface area contributed by atoms with Crippen LogP contribution in [0.2, 0.25) is 0 Å². The molecule has 0 spiro atoms. The van der Waals surface area contributed by atoms with Gasteiger partial charge in [0.15, 0.2) is 9.93 Å². The summed E-state index contributed by atoms with van der Waals surface area (Å²) >= 11 is 3.70. The lowest BCUT2D eigenvalue weighted by Crippen LogP contribution is -2.20. The maximum absolute atomic E-state index is 12.6. The number of carbonyl (C=O) groups is 2. The number of hydrogen-bond donors (Lipinski definition) is 1. The maximum Gasteiger partial charge on any atom is 0.270 e. The van der Waals surface area contributed by atoms with Gasteiger partial charge in [-0.1, -0.05) is 41.7 Å². The largest absolute Gasteiger partial charge is 0.380 e. The van der Waals surface area contributed by atoms with Crippen LogP contribution in [-0.4, -0.2) is 51.0 Å². The molecule has 2 aromatic carbocycles. The Morgan fingerprint density at radius 3 is 2.78 bits per heavy atom. The van der Waals surface area contributed by atoms with Gasteiger partial charge in [0.25, 0.3) is 11.6 Å². The van der Waals surface area contributed by atoms with Crippen molar-refractivity contribution in [3.63, 3.8) is 0 Å². The highest BCUT2D eigenvalue weighted by Gasteiger charge is 2.14. The first-order valence-electron chi connectivity index (χ1n) is 11.3. The van der Waals surface area contributed by atoms with Crippen molar-refractivity contribution in [1.82, 2.24) is 9.55 Å². The predicted molar refractivity (Wildman–Crippen MR) is 147 cm³/mol. The zero-order chi connectivity index (χ0) is 26.2. The second-order valence-electron chi connectivity index (χ2n) is 7.59. The Balaban J connectivity index is 1.38. The van der Waals surface area contributed by atoms with Crippen LogP contribution in [0.5, 0.6) is 0 Å². The van der Waals surface area contributed by atoms with Gasteiger partial charge in [0.2, 0.25) is 5.91 Å². The van der Waals surface area contributed by atoms with Gasteiger partial charge in [-0.15, -0.1) is 23.1 Å². The first-order chi connectivity index (χ1) is 17.9. The third-order valence-electron chi connectivity index (χ3n) is 5.04. The smallest absolute Gasteiger partial charge is 0.270 e. The number of nitro benzene ring substituents is 1. The summed E-state index contributed by atoms with van der Waals surface area (Å²) in [5.74, 6) is -0.567. The zero-order valence-corrected chi connectivity index (χ0v) is 22.2. The third kappa shape index (κ3) is 7.10. The SMILES string of the molecule is CCOCCn1c(=NC(=O)CSCC(=O)Nc2nc(-c3ccccc3)cs2)sc2cc([N+](=O)[O-])ccc21. The molecule has 2 heterocycles. The highest BCUT2D eigenvalue weighted by atomic mass is 32.2. The number of thiazole rings is 2. The Morgan fingerprint density at radius 1 is 1.22 bits per heavy atom. The molecule has 4 rings (SSSR count). The topological polar surface area (TPSA) is 129 Å². The van der Waals surface area contributed by atoms with E-state index in [4.69, 9.17) is 4.74 Å². The fraction of sp³-hybridized carbons (Fsp3) is 0.250. The fourth-order valence-corrected chi connectivity index (χ4v) is 5.82. The monoisotopic (exact) mass is 557 g/mol. The lowest BCUT2D eigenvalue weighted by atomic mass is 10.2. The summed E-state index contributed by atoms with van der Waals surface area (Å²) < 4.78 is 7.92. The highest BCUT2D eigenvalue weighted by molar-refractivity contribution is 8.00. The molecular formula is C24H23N5O5S3. The second-order valence-corrected chi connectivity index (χ2v) is 10.4. The van der Waals surface area contributed by atoms with Gasteiger partial charge in [-0.2, -0.15) is 4.99 Å². The summed E-state index contributed by atoms with van der Waals surface area (Å²) in [5.41, 5.74) is 2.47. The number of thioether (sulfide) groups is 1. The van der Waals surface area contributed by atoms with E-state index in [-0.39, 0.29) is 23.1 Å². The number of carbonyl (C=O) groups excluding carboxylic acids is 2. The molecule has 10 nitrogen and oxygen atoms in total. The molecule has 37 heavy (non-hydrogen) atoms. The van der Waals surface area contributed by atoms with E-state index in [1.165, 1.54) is 34.8 Å². The molecule has 0 saturated heterocycles. The molecule has 13 heteroatoms. The number of anilines is 1. The number of hydrogen-bond acceptors (Lipinski definition) is 9. The molecule has 4 aromatic rings. The lowest BCUT2D eigenvalue weighted by molar-refractivity contribution is -0.384. The summed E-state index contributed by atoms with van der Waals surface area (Å²) in [4.78, 5) is 44.7. The van der Waals surface area contributed by atoms with Crippen LogP contribution in [0.25, 0.3) is 21.5 Å². The Labute approximate surface area is 224 Å². The summed E-state index contributed by atoms with van der Waals surface area (Å²) in [6, 6.07) is 14.2. The quantitative estimate of drug-likeness (QED) is 0.162. The second kappa shape index (κ2) is 12.7. The Bertz CT molecular complexity index is 1480. The molecule has 2 aromatic heterocycles. The minimum absolute atomic E-state index is 0.0143. The summed E-state index contributed by atoms with van der Waals surface area (Å²) in [5, 5.41) is 16.3. The minimum Gasteiger partial charge on any atom is -0.380 e. The van der Waals surface area contributed by atoms with Crippen LogP contribution in [0.15, 0.2) is 58.9 Å². The molecule has 0 fully saturated rings. The fourth-order valence-electron chi connectivity index (χ4n) is 3.38. The van der Waals surface area contributed by atoms with E-state index in [9.17, 15) is 19.7 Å². The standard InChI is InChI=1S/C24H23N5O5S3/c1-2-34-11-10-28-19-9-8-17(29(32)33)12-20(19)37-24(28)27-22(31)15-35-14-21(30)26-23-25-18(13-36-23)16-6-4-3-5-7-16/h3-9,12-13H,2,10-11,14-15H2,1H3,(H,25,26,30). The molecule has 1 N–H and O–H groups in total. The van der Waals surface area contributed by atoms with Crippen molar-refractivity contribution >= 4 is 67.3 Å². The van der Waals surface area contributed by atoms with Crippen molar-refractivity contribution in [2.45, 2.75) is 13.5 Å². The van der Waals surface area contributed by atoms with Crippen molar-refractivity contribution in [2.24, 2.45) is 4.99 Å². The normalized spacial score (nSPS) is 11.6. The molecule has 0 aliphatic heterocycles. The van der Waals surface area contributed by atoms with Crippen LogP contribution in [0.3, 0.4) is 0 Å².